The highest BCUT2D eigenvalue weighted by atomic mass is 16.2. The van der Waals surface area contributed by atoms with Crippen LogP contribution in [0.5, 0.6) is 0 Å². The summed E-state index contributed by atoms with van der Waals surface area (Å²) >= 11 is 0. The monoisotopic (exact) mass is 305 g/mol. The van der Waals surface area contributed by atoms with Gasteiger partial charge in [0.05, 0.1) is 6.54 Å². The molecule has 0 bridgehead atoms. The Kier molecular flexibility index (Phi) is 4.13. The van der Waals surface area contributed by atoms with Gasteiger partial charge in [0, 0.05) is 32.0 Å². The van der Waals surface area contributed by atoms with Crippen molar-refractivity contribution >= 4 is 11.9 Å². The molecule has 0 atom stereocenters. The molecule has 1 aromatic rings. The molecule has 0 aromatic carbocycles. The van der Waals surface area contributed by atoms with Crippen molar-refractivity contribution in [2.45, 2.75) is 65.1 Å². The van der Waals surface area contributed by atoms with Gasteiger partial charge in [0.15, 0.2) is 5.82 Å². The van der Waals surface area contributed by atoms with Gasteiger partial charge in [0.2, 0.25) is 5.91 Å². The van der Waals surface area contributed by atoms with Crippen LogP contribution in [0.15, 0.2) is 0 Å². The summed E-state index contributed by atoms with van der Waals surface area (Å²) in [4.78, 5) is 27.7. The molecule has 3 rings (SSSR count). The van der Waals surface area contributed by atoms with Crippen molar-refractivity contribution in [3.63, 3.8) is 0 Å². The predicted molar refractivity (Wildman–Crippen MR) is 80.0 cm³/mol. The van der Waals surface area contributed by atoms with Gasteiger partial charge in [0.25, 0.3) is 0 Å². The summed E-state index contributed by atoms with van der Waals surface area (Å²) in [6.45, 7) is 5.55. The van der Waals surface area contributed by atoms with Crippen molar-refractivity contribution < 1.29 is 9.59 Å². The van der Waals surface area contributed by atoms with Crippen LogP contribution in [0, 0.1) is 0 Å². The van der Waals surface area contributed by atoms with Gasteiger partial charge in [-0.1, -0.05) is 6.42 Å². The Bertz CT molecular complexity index is 580. The number of aromatic nitrogens is 3. The molecule has 7 heteroatoms. The number of carbonyl (C=O) groups excluding carboxylic acids is 2. The number of aryl methyl sites for hydroxylation is 1. The number of rotatable bonds is 3. The van der Waals surface area contributed by atoms with Crippen LogP contribution in [0.1, 0.15) is 51.2 Å². The first-order valence-electron chi connectivity index (χ1n) is 8.10. The average Bonchev–Trinajstić information content (AvgIpc) is 2.70. The molecule has 3 heterocycles. The third kappa shape index (κ3) is 2.71. The van der Waals surface area contributed by atoms with E-state index in [1.165, 1.54) is 11.3 Å². The van der Waals surface area contributed by atoms with Crippen molar-refractivity contribution in [2.75, 3.05) is 6.54 Å². The molecule has 120 valence electrons. The van der Waals surface area contributed by atoms with Crippen LogP contribution in [0.3, 0.4) is 0 Å². The van der Waals surface area contributed by atoms with E-state index in [-0.39, 0.29) is 24.5 Å². The van der Waals surface area contributed by atoms with Gasteiger partial charge in [-0.05, 0) is 26.7 Å². The molecule has 0 radical (unpaired) electrons. The molecule has 0 unspecified atom stereocenters. The fourth-order valence-electron chi connectivity index (χ4n) is 3.15. The maximum atomic E-state index is 12.5. The second-order valence-electron chi connectivity index (χ2n) is 6.29. The zero-order valence-electron chi connectivity index (χ0n) is 13.3. The number of carbonyl (C=O) groups is 2. The van der Waals surface area contributed by atoms with E-state index in [0.717, 1.165) is 37.5 Å². The Morgan fingerprint density at radius 1 is 1.05 bits per heavy atom. The quantitative estimate of drug-likeness (QED) is 0.850. The van der Waals surface area contributed by atoms with Crippen molar-refractivity contribution in [3.05, 3.63) is 11.6 Å². The van der Waals surface area contributed by atoms with Gasteiger partial charge in [-0.25, -0.2) is 4.79 Å². The van der Waals surface area contributed by atoms with Gasteiger partial charge in [-0.2, -0.15) is 0 Å². The van der Waals surface area contributed by atoms with E-state index in [1.54, 1.807) is 4.90 Å². The molecule has 7 nitrogen and oxygen atoms in total. The molecule has 1 aromatic heterocycles. The zero-order valence-corrected chi connectivity index (χ0v) is 13.3. The summed E-state index contributed by atoms with van der Waals surface area (Å²) < 4.78 is 2.09. The van der Waals surface area contributed by atoms with E-state index < -0.39 is 0 Å². The van der Waals surface area contributed by atoms with E-state index in [4.69, 9.17) is 0 Å². The highest BCUT2D eigenvalue weighted by Gasteiger charge is 2.34. The second kappa shape index (κ2) is 6.06. The Labute approximate surface area is 130 Å². The summed E-state index contributed by atoms with van der Waals surface area (Å²) in [5, 5.41) is 8.46. The highest BCUT2D eigenvalue weighted by molar-refractivity contribution is 5.96. The summed E-state index contributed by atoms with van der Waals surface area (Å²) in [5.41, 5.74) is 0. The molecule has 0 aliphatic carbocycles. The molecule has 22 heavy (non-hydrogen) atoms. The number of fused-ring (bicyclic) bond motifs is 1. The number of amides is 3. The van der Waals surface area contributed by atoms with Crippen molar-refractivity contribution in [1.82, 2.24) is 24.6 Å². The third-order valence-electron chi connectivity index (χ3n) is 4.45. The lowest BCUT2D eigenvalue weighted by Crippen LogP contribution is -2.54. The van der Waals surface area contributed by atoms with E-state index >= 15 is 0 Å². The first-order chi connectivity index (χ1) is 10.6. The summed E-state index contributed by atoms with van der Waals surface area (Å²) in [6.07, 6.45) is 4.71. The Hall–Kier alpha value is -1.92. The normalized spacial score (nSPS) is 19.6. The average molecular weight is 305 g/mol. The Balaban J connectivity index is 1.81. The van der Waals surface area contributed by atoms with E-state index in [9.17, 15) is 9.59 Å². The lowest BCUT2D eigenvalue weighted by atomic mass is 10.2. The fourth-order valence-corrected chi connectivity index (χ4v) is 3.15. The van der Waals surface area contributed by atoms with Crippen LogP contribution in [0.25, 0.3) is 0 Å². The summed E-state index contributed by atoms with van der Waals surface area (Å²) in [5.74, 6) is 1.59. The first-order valence-corrected chi connectivity index (χ1v) is 8.10. The molecule has 1 fully saturated rings. The zero-order chi connectivity index (χ0) is 15.7. The first kappa shape index (κ1) is 15.0. The van der Waals surface area contributed by atoms with Crippen LogP contribution in [-0.2, 0) is 24.3 Å². The predicted octanol–water partition coefficient (Wildman–Crippen LogP) is 1.57. The highest BCUT2D eigenvalue weighted by Crippen LogP contribution is 2.19. The SMILES string of the molecule is CC(C)N1CCC(=O)N(Cc2nnc3n2CCCCC3)C1=O. The van der Waals surface area contributed by atoms with Crippen molar-refractivity contribution in [3.8, 4) is 0 Å². The van der Waals surface area contributed by atoms with Crippen molar-refractivity contribution in [2.24, 2.45) is 0 Å². The summed E-state index contributed by atoms with van der Waals surface area (Å²) in [7, 11) is 0. The minimum Gasteiger partial charge on any atom is -0.321 e. The Morgan fingerprint density at radius 3 is 2.64 bits per heavy atom. The van der Waals surface area contributed by atoms with Gasteiger partial charge in [-0.3, -0.25) is 9.69 Å². The maximum absolute atomic E-state index is 12.5. The van der Waals surface area contributed by atoms with Crippen molar-refractivity contribution in [1.29, 1.82) is 0 Å². The van der Waals surface area contributed by atoms with E-state index in [0.29, 0.717) is 13.0 Å². The number of urea groups is 1. The standard InChI is InChI=1S/C15H23N5O2/c1-11(2)18-9-7-14(21)20(15(18)22)10-13-17-16-12-6-4-3-5-8-19(12)13/h11H,3-10H2,1-2H3. The van der Waals surface area contributed by atoms with E-state index in [2.05, 4.69) is 14.8 Å². The largest absolute Gasteiger partial charge is 0.327 e. The topological polar surface area (TPSA) is 71.3 Å². The molecule has 0 N–H and O–H groups in total. The second-order valence-corrected chi connectivity index (χ2v) is 6.29. The van der Waals surface area contributed by atoms with Gasteiger partial charge >= 0.3 is 6.03 Å². The number of hydrogen-bond acceptors (Lipinski definition) is 4. The maximum Gasteiger partial charge on any atom is 0.327 e. The van der Waals surface area contributed by atoms with Crippen LogP contribution < -0.4 is 0 Å². The van der Waals surface area contributed by atoms with Crippen LogP contribution in [-0.4, -0.2) is 49.1 Å². The van der Waals surface area contributed by atoms with Gasteiger partial charge < -0.3 is 9.47 Å². The van der Waals surface area contributed by atoms with E-state index in [1.807, 2.05) is 13.8 Å². The number of imide groups is 1. The van der Waals surface area contributed by atoms with Gasteiger partial charge in [-0.15, -0.1) is 10.2 Å². The minimum absolute atomic E-state index is 0.0959. The lowest BCUT2D eigenvalue weighted by Gasteiger charge is -2.36. The molecular weight excluding hydrogens is 282 g/mol. The number of nitrogens with zero attached hydrogens (tertiary/aromatic N) is 5. The number of hydrogen-bond donors (Lipinski definition) is 0. The molecule has 1 saturated heterocycles. The van der Waals surface area contributed by atoms with Crippen LogP contribution in [0.2, 0.25) is 0 Å². The molecule has 2 aliphatic heterocycles. The van der Waals surface area contributed by atoms with Crippen LogP contribution >= 0.6 is 0 Å². The van der Waals surface area contributed by atoms with Crippen LogP contribution in [0.4, 0.5) is 4.79 Å². The smallest absolute Gasteiger partial charge is 0.321 e. The molecular formula is C15H23N5O2. The molecule has 0 spiro atoms. The molecule has 0 saturated carbocycles. The minimum atomic E-state index is -0.211. The lowest BCUT2D eigenvalue weighted by molar-refractivity contribution is -0.131. The molecule has 3 amide bonds. The fraction of sp³-hybridized carbons (Fsp3) is 0.733. The Morgan fingerprint density at radius 2 is 1.86 bits per heavy atom. The van der Waals surface area contributed by atoms with Gasteiger partial charge in [0.1, 0.15) is 5.82 Å². The molecule has 2 aliphatic rings. The third-order valence-corrected chi connectivity index (χ3v) is 4.45. The summed E-state index contributed by atoms with van der Waals surface area (Å²) in [6, 6.07) is -0.115.